The molecule has 3 atom stereocenters. The maximum absolute atomic E-state index is 12.7. The molecule has 2 aromatic rings. The van der Waals surface area contributed by atoms with Crippen LogP contribution in [0.25, 0.3) is 0 Å². The van der Waals surface area contributed by atoms with Gasteiger partial charge in [-0.2, -0.15) is 0 Å². The van der Waals surface area contributed by atoms with E-state index in [2.05, 4.69) is 34.4 Å². The molecule has 0 aromatic carbocycles. The Morgan fingerprint density at radius 3 is 2.53 bits per heavy atom. The summed E-state index contributed by atoms with van der Waals surface area (Å²) in [6, 6.07) is 6.92. The molecule has 3 unspecified atom stereocenters. The lowest BCUT2D eigenvalue weighted by Crippen LogP contribution is -2.49. The number of hydrogen-bond donors (Lipinski definition) is 2. The van der Waals surface area contributed by atoms with Gasteiger partial charge in [0, 0.05) is 25.8 Å². The Kier molecular flexibility index (Phi) is 7.44. The number of morpholine rings is 1. The smallest absolute Gasteiger partial charge is 0.262 e. The van der Waals surface area contributed by atoms with Crippen LogP contribution in [-0.4, -0.2) is 48.1 Å². The summed E-state index contributed by atoms with van der Waals surface area (Å²) >= 11 is 1.36. The van der Waals surface area contributed by atoms with Crippen LogP contribution in [0.2, 0.25) is 0 Å². The topological polar surface area (TPSA) is 83.6 Å². The van der Waals surface area contributed by atoms with Gasteiger partial charge in [-0.3, -0.25) is 9.59 Å². The van der Waals surface area contributed by atoms with Crippen LogP contribution < -0.4 is 15.5 Å². The lowest BCUT2D eigenvalue weighted by Gasteiger charge is -2.36. The van der Waals surface area contributed by atoms with Gasteiger partial charge in [0.05, 0.1) is 17.1 Å². The summed E-state index contributed by atoms with van der Waals surface area (Å²) in [5.74, 6) is 0.462. The summed E-state index contributed by atoms with van der Waals surface area (Å²) < 4.78 is 5.77. The number of anilines is 1. The van der Waals surface area contributed by atoms with E-state index in [1.165, 1.54) is 11.3 Å². The third-order valence-electron chi connectivity index (χ3n) is 5.00. The monoisotopic (exact) mass is 430 g/mol. The molecule has 0 radical (unpaired) electrons. The molecule has 3 heterocycles. The van der Waals surface area contributed by atoms with Crippen LogP contribution in [0.5, 0.6) is 0 Å². The van der Waals surface area contributed by atoms with E-state index in [0.717, 1.165) is 24.5 Å². The molecule has 1 aliphatic rings. The lowest BCUT2D eigenvalue weighted by molar-refractivity contribution is -0.124. The van der Waals surface area contributed by atoms with Crippen LogP contribution in [0.4, 0.5) is 5.82 Å². The molecular formula is C22H30N4O3S. The van der Waals surface area contributed by atoms with Gasteiger partial charge in [0.25, 0.3) is 5.91 Å². The summed E-state index contributed by atoms with van der Waals surface area (Å²) in [5.41, 5.74) is 0.911. The number of aromatic nitrogens is 1. The fourth-order valence-corrected chi connectivity index (χ4v) is 4.15. The van der Waals surface area contributed by atoms with Crippen molar-refractivity contribution in [1.82, 2.24) is 15.6 Å². The molecule has 1 fully saturated rings. The molecule has 0 saturated carbocycles. The first-order valence-corrected chi connectivity index (χ1v) is 11.2. The van der Waals surface area contributed by atoms with Crippen molar-refractivity contribution in [3.05, 3.63) is 46.3 Å². The highest BCUT2D eigenvalue weighted by atomic mass is 32.1. The minimum absolute atomic E-state index is 0.0280. The summed E-state index contributed by atoms with van der Waals surface area (Å²) in [7, 11) is 0. The molecular weight excluding hydrogens is 400 g/mol. The van der Waals surface area contributed by atoms with Gasteiger partial charge in [-0.05, 0) is 42.8 Å². The van der Waals surface area contributed by atoms with Crippen molar-refractivity contribution < 1.29 is 14.3 Å². The van der Waals surface area contributed by atoms with E-state index >= 15 is 0 Å². The summed E-state index contributed by atoms with van der Waals surface area (Å²) in [4.78, 5) is 32.4. The Morgan fingerprint density at radius 1 is 1.23 bits per heavy atom. The predicted octanol–water partition coefficient (Wildman–Crippen LogP) is 2.83. The number of nitrogens with zero attached hydrogens (tertiary/aromatic N) is 2. The van der Waals surface area contributed by atoms with Crippen molar-refractivity contribution in [1.29, 1.82) is 0 Å². The van der Waals surface area contributed by atoms with E-state index in [-0.39, 0.29) is 29.9 Å². The van der Waals surface area contributed by atoms with Crippen LogP contribution in [0.1, 0.15) is 42.9 Å². The van der Waals surface area contributed by atoms with E-state index in [1.54, 1.807) is 12.3 Å². The van der Waals surface area contributed by atoms with Crippen molar-refractivity contribution in [2.24, 2.45) is 5.92 Å². The molecule has 30 heavy (non-hydrogen) atoms. The molecule has 0 aliphatic carbocycles. The summed E-state index contributed by atoms with van der Waals surface area (Å²) in [6.07, 6.45) is 2.13. The van der Waals surface area contributed by atoms with Gasteiger partial charge in [0.15, 0.2) is 0 Å². The zero-order chi connectivity index (χ0) is 21.7. The van der Waals surface area contributed by atoms with Gasteiger partial charge < -0.3 is 20.3 Å². The largest absolute Gasteiger partial charge is 0.372 e. The van der Waals surface area contributed by atoms with Crippen molar-refractivity contribution in [2.45, 2.75) is 52.5 Å². The van der Waals surface area contributed by atoms with Gasteiger partial charge in [0.1, 0.15) is 11.9 Å². The lowest BCUT2D eigenvalue weighted by atomic mass is 10.0. The minimum atomic E-state index is -0.594. The molecule has 1 saturated heterocycles. The molecule has 2 aromatic heterocycles. The number of nitrogens with one attached hydrogen (secondary N) is 2. The molecule has 2 amide bonds. The van der Waals surface area contributed by atoms with Crippen LogP contribution >= 0.6 is 11.3 Å². The normalized spacial score (nSPS) is 20.1. The summed E-state index contributed by atoms with van der Waals surface area (Å²) in [6.45, 7) is 9.95. The number of amides is 2. The van der Waals surface area contributed by atoms with Gasteiger partial charge in [0.2, 0.25) is 5.91 Å². The zero-order valence-corrected chi connectivity index (χ0v) is 18.7. The van der Waals surface area contributed by atoms with Gasteiger partial charge in [-0.15, -0.1) is 11.3 Å². The molecule has 8 heteroatoms. The van der Waals surface area contributed by atoms with Crippen LogP contribution in [0.3, 0.4) is 0 Å². The van der Waals surface area contributed by atoms with E-state index < -0.39 is 6.04 Å². The average Bonchev–Trinajstić information content (AvgIpc) is 3.24. The second-order valence-electron chi connectivity index (χ2n) is 8.08. The number of carbonyl (C=O) groups is 2. The quantitative estimate of drug-likeness (QED) is 0.706. The van der Waals surface area contributed by atoms with Crippen molar-refractivity contribution in [3.63, 3.8) is 0 Å². The van der Waals surface area contributed by atoms with E-state index in [1.807, 2.05) is 37.4 Å². The molecule has 2 N–H and O–H groups in total. The van der Waals surface area contributed by atoms with E-state index in [9.17, 15) is 9.59 Å². The van der Waals surface area contributed by atoms with Gasteiger partial charge in [-0.1, -0.05) is 26.0 Å². The SMILES string of the molecule is CC1CN(c2ccc(CNC(=O)C(NC(=O)c3cccs3)C(C)C)cn2)CC(C)O1. The highest BCUT2D eigenvalue weighted by Crippen LogP contribution is 2.18. The number of carbonyl (C=O) groups excluding carboxylic acids is 2. The Hall–Kier alpha value is -2.45. The third kappa shape index (κ3) is 5.79. The van der Waals surface area contributed by atoms with E-state index in [4.69, 9.17) is 4.74 Å². The predicted molar refractivity (Wildman–Crippen MR) is 119 cm³/mol. The number of hydrogen-bond acceptors (Lipinski definition) is 6. The van der Waals surface area contributed by atoms with Crippen LogP contribution in [0, 0.1) is 5.92 Å². The van der Waals surface area contributed by atoms with Gasteiger partial charge >= 0.3 is 0 Å². The number of pyridine rings is 1. The first-order chi connectivity index (χ1) is 14.3. The molecule has 7 nitrogen and oxygen atoms in total. The van der Waals surface area contributed by atoms with E-state index in [0.29, 0.717) is 11.4 Å². The Labute approximate surface area is 181 Å². The fraction of sp³-hybridized carbons (Fsp3) is 0.500. The second-order valence-corrected chi connectivity index (χ2v) is 9.02. The highest BCUT2D eigenvalue weighted by Gasteiger charge is 2.25. The average molecular weight is 431 g/mol. The maximum atomic E-state index is 12.7. The molecule has 0 spiro atoms. The zero-order valence-electron chi connectivity index (χ0n) is 17.9. The molecule has 162 valence electrons. The first kappa shape index (κ1) is 22.2. The highest BCUT2D eigenvalue weighted by molar-refractivity contribution is 7.12. The number of ether oxygens (including phenoxy) is 1. The van der Waals surface area contributed by atoms with Crippen LogP contribution in [-0.2, 0) is 16.1 Å². The number of thiophene rings is 1. The fourth-order valence-electron chi connectivity index (χ4n) is 3.53. The second kappa shape index (κ2) is 10.0. The molecule has 1 aliphatic heterocycles. The Bertz CT molecular complexity index is 829. The maximum Gasteiger partial charge on any atom is 0.262 e. The third-order valence-corrected chi connectivity index (χ3v) is 5.87. The standard InChI is InChI=1S/C22H30N4O3S/c1-14(2)20(25-21(27)18-6-5-9-30-18)22(28)24-11-17-7-8-19(23-10-17)26-12-15(3)29-16(4)13-26/h5-10,14-16,20H,11-13H2,1-4H3,(H,24,28)(H,25,27). The Balaban J connectivity index is 1.55. The van der Waals surface area contributed by atoms with Crippen molar-refractivity contribution in [2.75, 3.05) is 18.0 Å². The molecule has 0 bridgehead atoms. The van der Waals surface area contributed by atoms with Crippen molar-refractivity contribution >= 4 is 29.0 Å². The Morgan fingerprint density at radius 2 is 1.97 bits per heavy atom. The van der Waals surface area contributed by atoms with Gasteiger partial charge in [-0.25, -0.2) is 4.98 Å². The molecule has 3 rings (SSSR count). The van der Waals surface area contributed by atoms with Crippen molar-refractivity contribution in [3.8, 4) is 0 Å². The number of rotatable bonds is 7. The van der Waals surface area contributed by atoms with Crippen LogP contribution in [0.15, 0.2) is 35.8 Å². The minimum Gasteiger partial charge on any atom is -0.372 e. The summed E-state index contributed by atoms with van der Waals surface area (Å²) in [5, 5.41) is 7.60. The first-order valence-electron chi connectivity index (χ1n) is 10.3.